The fraction of sp³-hybridized carbons (Fsp3) is 0.467. The van der Waals surface area contributed by atoms with Crippen molar-refractivity contribution in [2.45, 2.75) is 25.4 Å². The van der Waals surface area contributed by atoms with Gasteiger partial charge in [-0.2, -0.15) is 0 Å². The number of hydrogen-bond acceptors (Lipinski definition) is 7. The molecule has 0 radical (unpaired) electrons. The molecule has 0 spiro atoms. The van der Waals surface area contributed by atoms with Crippen molar-refractivity contribution >= 4 is 22.4 Å². The number of rotatable bonds is 5. The van der Waals surface area contributed by atoms with Gasteiger partial charge in [-0.05, 0) is 12.8 Å². The Morgan fingerprint density at radius 2 is 2.26 bits per heavy atom. The quantitative estimate of drug-likeness (QED) is 0.826. The predicted molar refractivity (Wildman–Crippen MR) is 86.7 cm³/mol. The number of hydrogen-bond donors (Lipinski definition) is 2. The molecule has 0 aliphatic carbocycles. The molecule has 2 aromatic heterocycles. The summed E-state index contributed by atoms with van der Waals surface area (Å²) < 4.78 is 0. The van der Waals surface area contributed by atoms with E-state index >= 15 is 0 Å². The van der Waals surface area contributed by atoms with Crippen molar-refractivity contribution in [3.63, 3.8) is 0 Å². The molecule has 2 aromatic rings. The monoisotopic (exact) mass is 333 g/mol. The number of aliphatic hydroxyl groups excluding tert-OH is 1. The van der Waals surface area contributed by atoms with E-state index < -0.39 is 6.10 Å². The maximum absolute atomic E-state index is 12.3. The summed E-state index contributed by atoms with van der Waals surface area (Å²) in [6, 6.07) is 0. The van der Waals surface area contributed by atoms with Gasteiger partial charge >= 0.3 is 0 Å². The maximum Gasteiger partial charge on any atom is 0.223 e. The molecule has 3 N–H and O–H groups in total. The molecule has 0 bridgehead atoms. The lowest BCUT2D eigenvalue weighted by Gasteiger charge is -2.15. The number of carbonyl (C=O) groups is 1. The van der Waals surface area contributed by atoms with Gasteiger partial charge < -0.3 is 15.7 Å². The summed E-state index contributed by atoms with van der Waals surface area (Å²) in [5.74, 6) is 0.0443. The average molecular weight is 333 g/mol. The molecule has 1 amide bonds. The van der Waals surface area contributed by atoms with Crippen molar-refractivity contribution in [3.05, 3.63) is 35.4 Å². The van der Waals surface area contributed by atoms with Crippen molar-refractivity contribution < 1.29 is 9.90 Å². The second-order valence-electron chi connectivity index (χ2n) is 5.70. The van der Waals surface area contributed by atoms with Crippen molar-refractivity contribution in [3.8, 4) is 0 Å². The Kier molecular flexibility index (Phi) is 4.82. The van der Waals surface area contributed by atoms with Crippen molar-refractivity contribution in [2.24, 2.45) is 5.92 Å². The Bertz CT molecular complexity index is 663. The zero-order valence-electron chi connectivity index (χ0n) is 12.6. The summed E-state index contributed by atoms with van der Waals surface area (Å²) in [5, 5.41) is 12.6. The number of nitrogens with zero attached hydrogens (tertiary/aromatic N) is 4. The molecule has 1 aliphatic heterocycles. The van der Waals surface area contributed by atoms with Gasteiger partial charge in [-0.3, -0.25) is 14.8 Å². The van der Waals surface area contributed by atoms with Crippen LogP contribution in [0, 0.1) is 5.92 Å². The number of nitrogen functional groups attached to an aromatic ring is 1. The molecule has 1 fully saturated rings. The largest absolute Gasteiger partial charge is 0.391 e. The van der Waals surface area contributed by atoms with Gasteiger partial charge in [0.15, 0.2) is 5.13 Å². The molecule has 23 heavy (non-hydrogen) atoms. The molecule has 7 nitrogen and oxygen atoms in total. The summed E-state index contributed by atoms with van der Waals surface area (Å²) in [7, 11) is 0. The van der Waals surface area contributed by atoms with E-state index in [9.17, 15) is 9.90 Å². The minimum Gasteiger partial charge on any atom is -0.391 e. The van der Waals surface area contributed by atoms with E-state index in [1.165, 1.54) is 11.3 Å². The standard InChI is InChI=1S/C15H19N5O2S/c16-15-19-11(9-23-15)1-2-14(22)20-7-10(13(21)8-20)5-12-6-17-3-4-18-12/h3-4,6,9-10,13,21H,1-2,5,7-8H2,(H2,16,19)/t10-,13-/m1/s1. The second kappa shape index (κ2) is 7.01. The molecule has 0 saturated carbocycles. The third kappa shape index (κ3) is 4.02. The lowest BCUT2D eigenvalue weighted by Crippen LogP contribution is -2.29. The van der Waals surface area contributed by atoms with E-state index in [1.807, 2.05) is 5.38 Å². The average Bonchev–Trinajstić information content (AvgIpc) is 3.12. The summed E-state index contributed by atoms with van der Waals surface area (Å²) in [6.45, 7) is 0.929. The van der Waals surface area contributed by atoms with Crippen LogP contribution in [0.3, 0.4) is 0 Å². The van der Waals surface area contributed by atoms with Crippen LogP contribution in [-0.2, 0) is 17.6 Å². The zero-order chi connectivity index (χ0) is 16.2. The Morgan fingerprint density at radius 3 is 2.96 bits per heavy atom. The second-order valence-corrected chi connectivity index (χ2v) is 6.59. The molecule has 122 valence electrons. The van der Waals surface area contributed by atoms with Gasteiger partial charge in [0, 0.05) is 49.4 Å². The highest BCUT2D eigenvalue weighted by Gasteiger charge is 2.34. The minimum absolute atomic E-state index is 0.00515. The Balaban J connectivity index is 1.52. The third-order valence-corrected chi connectivity index (χ3v) is 4.73. The molecule has 1 saturated heterocycles. The number of β-amino-alcohol motifs (C(OH)–C–C–N with tert-alkyl or cyclic N) is 1. The van der Waals surface area contributed by atoms with Gasteiger partial charge in [0.25, 0.3) is 0 Å². The molecule has 0 aromatic carbocycles. The van der Waals surface area contributed by atoms with Gasteiger partial charge in [0.2, 0.25) is 5.91 Å². The highest BCUT2D eigenvalue weighted by Crippen LogP contribution is 2.22. The summed E-state index contributed by atoms with van der Waals surface area (Å²) in [5.41, 5.74) is 7.27. The number of likely N-dealkylation sites (tertiary alicyclic amines) is 1. The number of aryl methyl sites for hydroxylation is 1. The summed E-state index contributed by atoms with van der Waals surface area (Å²) >= 11 is 1.38. The third-order valence-electron chi connectivity index (χ3n) is 4.01. The Morgan fingerprint density at radius 1 is 1.39 bits per heavy atom. The van der Waals surface area contributed by atoms with Crippen LogP contribution in [-0.4, -0.2) is 50.1 Å². The van der Waals surface area contributed by atoms with Crippen LogP contribution >= 0.6 is 11.3 Å². The number of anilines is 1. The van der Waals surface area contributed by atoms with Crippen LogP contribution in [0.25, 0.3) is 0 Å². The fourth-order valence-corrected chi connectivity index (χ4v) is 3.39. The molecule has 1 aliphatic rings. The first kappa shape index (κ1) is 15.8. The van der Waals surface area contributed by atoms with E-state index in [2.05, 4.69) is 15.0 Å². The number of aromatic nitrogens is 3. The first-order chi connectivity index (χ1) is 11.1. The van der Waals surface area contributed by atoms with Crippen LogP contribution in [0.4, 0.5) is 5.13 Å². The number of aliphatic hydroxyl groups is 1. The lowest BCUT2D eigenvalue weighted by molar-refractivity contribution is -0.130. The van der Waals surface area contributed by atoms with Crippen LogP contribution in [0.15, 0.2) is 24.0 Å². The highest BCUT2D eigenvalue weighted by atomic mass is 32.1. The van der Waals surface area contributed by atoms with Gasteiger partial charge in [0.05, 0.1) is 17.5 Å². The number of carbonyl (C=O) groups excluding carboxylic acids is 1. The van der Waals surface area contributed by atoms with Crippen LogP contribution in [0.5, 0.6) is 0 Å². The molecule has 0 unspecified atom stereocenters. The van der Waals surface area contributed by atoms with E-state index in [1.54, 1.807) is 23.5 Å². The number of nitrogens with two attached hydrogens (primary N) is 1. The molecule has 2 atom stereocenters. The molecule has 3 heterocycles. The van der Waals surface area contributed by atoms with E-state index in [-0.39, 0.29) is 11.8 Å². The van der Waals surface area contributed by atoms with Crippen LogP contribution in [0.2, 0.25) is 0 Å². The van der Waals surface area contributed by atoms with Crippen LogP contribution < -0.4 is 5.73 Å². The summed E-state index contributed by atoms with van der Waals surface area (Å²) in [4.78, 5) is 26.4. The fourth-order valence-electron chi connectivity index (χ4n) is 2.79. The molecular formula is C15H19N5O2S. The van der Waals surface area contributed by atoms with Gasteiger partial charge in [-0.25, -0.2) is 4.98 Å². The van der Waals surface area contributed by atoms with Crippen molar-refractivity contribution in [1.82, 2.24) is 19.9 Å². The first-order valence-corrected chi connectivity index (χ1v) is 8.40. The lowest BCUT2D eigenvalue weighted by atomic mass is 10.0. The number of amides is 1. The van der Waals surface area contributed by atoms with Crippen LogP contribution in [0.1, 0.15) is 17.8 Å². The predicted octanol–water partition coefficient (Wildman–Crippen LogP) is 0.510. The molecule has 8 heteroatoms. The van der Waals surface area contributed by atoms with Crippen molar-refractivity contribution in [1.29, 1.82) is 0 Å². The van der Waals surface area contributed by atoms with E-state index in [4.69, 9.17) is 5.73 Å². The van der Waals surface area contributed by atoms with E-state index in [0.29, 0.717) is 37.5 Å². The topological polar surface area (TPSA) is 105 Å². The van der Waals surface area contributed by atoms with E-state index in [0.717, 1.165) is 11.4 Å². The molecule has 3 rings (SSSR count). The normalized spacial score (nSPS) is 20.8. The first-order valence-electron chi connectivity index (χ1n) is 7.52. The summed E-state index contributed by atoms with van der Waals surface area (Å²) in [6.07, 6.45) is 6.03. The van der Waals surface area contributed by atoms with Gasteiger partial charge in [-0.1, -0.05) is 0 Å². The Labute approximate surface area is 138 Å². The van der Waals surface area contributed by atoms with Gasteiger partial charge in [-0.15, -0.1) is 11.3 Å². The minimum atomic E-state index is -0.518. The smallest absolute Gasteiger partial charge is 0.223 e. The van der Waals surface area contributed by atoms with Crippen molar-refractivity contribution in [2.75, 3.05) is 18.8 Å². The zero-order valence-corrected chi connectivity index (χ0v) is 13.4. The molecular weight excluding hydrogens is 314 g/mol. The Hall–Kier alpha value is -2.06. The van der Waals surface area contributed by atoms with Gasteiger partial charge in [0.1, 0.15) is 0 Å². The maximum atomic E-state index is 12.3. The number of thiazole rings is 1. The highest BCUT2D eigenvalue weighted by molar-refractivity contribution is 7.13. The SMILES string of the molecule is Nc1nc(CCC(=O)N2C[C@@H](Cc3cnccn3)[C@H](O)C2)cs1.